The molecule has 1 aromatic rings. The summed E-state index contributed by atoms with van der Waals surface area (Å²) in [5.41, 5.74) is -4.24. The van der Waals surface area contributed by atoms with Gasteiger partial charge in [-0.05, 0) is 12.8 Å². The first kappa shape index (κ1) is 13.7. The maximum absolute atomic E-state index is 12.0. The smallest absolute Gasteiger partial charge is 0.350 e. The average molecular weight is 281 g/mol. The summed E-state index contributed by atoms with van der Waals surface area (Å²) in [5.74, 6) is -0.773. The van der Waals surface area contributed by atoms with E-state index in [9.17, 15) is 24.5 Å². The maximum atomic E-state index is 12.0. The van der Waals surface area contributed by atoms with Gasteiger partial charge in [0, 0.05) is 0 Å². The highest BCUT2D eigenvalue weighted by molar-refractivity contribution is 5.82. The predicted molar refractivity (Wildman–Crippen MR) is 66.3 cm³/mol. The Labute approximate surface area is 111 Å². The summed E-state index contributed by atoms with van der Waals surface area (Å²) < 4.78 is 5.41. The monoisotopic (exact) mass is 281 g/mol. The quantitative estimate of drug-likeness (QED) is 0.341. The molecule has 1 N–H and O–H groups in total. The molecule has 1 saturated carbocycles. The first-order valence-electron chi connectivity index (χ1n) is 5.72. The molecule has 1 aliphatic carbocycles. The summed E-state index contributed by atoms with van der Waals surface area (Å²) in [6.45, 7) is 3.31. The van der Waals surface area contributed by atoms with Crippen LogP contribution in [0.15, 0.2) is 28.4 Å². The molecule has 0 bridgehead atoms. The molecule has 9 nitrogen and oxygen atoms in total. The van der Waals surface area contributed by atoms with Gasteiger partial charge >= 0.3 is 22.9 Å². The largest absolute Gasteiger partial charge is 0.460 e. The van der Waals surface area contributed by atoms with Crippen molar-refractivity contribution in [3.05, 3.63) is 49.8 Å². The van der Waals surface area contributed by atoms with Crippen LogP contribution in [0.4, 0.5) is 5.69 Å². The second kappa shape index (κ2) is 4.76. The fourth-order valence-corrected chi connectivity index (χ4v) is 1.89. The third-order valence-electron chi connectivity index (χ3n) is 3.02. The number of carbonyl (C=O) groups is 1. The van der Waals surface area contributed by atoms with Gasteiger partial charge in [0.25, 0.3) is 0 Å². The third kappa shape index (κ3) is 2.02. The number of carbonyl (C=O) groups excluding carboxylic acids is 1. The van der Waals surface area contributed by atoms with E-state index < -0.39 is 33.4 Å². The van der Waals surface area contributed by atoms with E-state index in [4.69, 9.17) is 4.74 Å². The van der Waals surface area contributed by atoms with Gasteiger partial charge in [-0.25, -0.2) is 14.2 Å². The van der Waals surface area contributed by atoms with E-state index in [0.717, 1.165) is 0 Å². The number of nitro groups is 1. The zero-order valence-electron chi connectivity index (χ0n) is 10.3. The predicted octanol–water partition coefficient (Wildman–Crippen LogP) is -0.337. The maximum Gasteiger partial charge on any atom is 0.350 e. The molecule has 1 aromatic heterocycles. The molecule has 0 aromatic carbocycles. The molecule has 20 heavy (non-hydrogen) atoms. The van der Waals surface area contributed by atoms with Crippen molar-refractivity contribution >= 4 is 11.7 Å². The second-order valence-corrected chi connectivity index (χ2v) is 4.30. The molecule has 1 aliphatic rings. The Morgan fingerprint density at radius 1 is 1.60 bits per heavy atom. The summed E-state index contributed by atoms with van der Waals surface area (Å²) in [6.07, 6.45) is 2.49. The lowest BCUT2D eigenvalue weighted by Crippen LogP contribution is -2.47. The number of aromatic amines is 1. The number of nitrogens with one attached hydrogen (secondary N) is 1. The Hall–Kier alpha value is -2.71. The highest BCUT2D eigenvalue weighted by Gasteiger charge is 2.56. The van der Waals surface area contributed by atoms with Crippen molar-refractivity contribution in [2.24, 2.45) is 0 Å². The van der Waals surface area contributed by atoms with Crippen LogP contribution in [-0.4, -0.2) is 27.1 Å². The van der Waals surface area contributed by atoms with Crippen LogP contribution in [0.1, 0.15) is 12.8 Å². The van der Waals surface area contributed by atoms with Crippen LogP contribution in [0.25, 0.3) is 0 Å². The molecular weight excluding hydrogens is 270 g/mol. The molecule has 0 atom stereocenters. The molecule has 0 radical (unpaired) electrons. The van der Waals surface area contributed by atoms with Crippen molar-refractivity contribution in [3.8, 4) is 0 Å². The Balaban J connectivity index is 2.53. The van der Waals surface area contributed by atoms with Crippen LogP contribution in [0.5, 0.6) is 0 Å². The van der Waals surface area contributed by atoms with Crippen molar-refractivity contribution in [1.29, 1.82) is 0 Å². The SMILES string of the molecule is C=CCOC(=O)C1(n2c(=O)[nH]cc([N+](=O)[O-])c2=O)CC1. The van der Waals surface area contributed by atoms with Crippen molar-refractivity contribution in [3.63, 3.8) is 0 Å². The molecule has 0 amide bonds. The fourth-order valence-electron chi connectivity index (χ4n) is 1.89. The average Bonchev–Trinajstić information content (AvgIpc) is 3.17. The van der Waals surface area contributed by atoms with Crippen LogP contribution >= 0.6 is 0 Å². The van der Waals surface area contributed by atoms with E-state index >= 15 is 0 Å². The number of esters is 1. The highest BCUT2D eigenvalue weighted by Crippen LogP contribution is 2.42. The van der Waals surface area contributed by atoms with Gasteiger partial charge in [0.05, 0.1) is 11.1 Å². The lowest BCUT2D eigenvalue weighted by atomic mass is 10.2. The Kier molecular flexibility index (Phi) is 3.26. The van der Waals surface area contributed by atoms with Gasteiger partial charge in [0.15, 0.2) is 5.54 Å². The lowest BCUT2D eigenvalue weighted by Gasteiger charge is -2.15. The van der Waals surface area contributed by atoms with Gasteiger partial charge in [0.1, 0.15) is 6.61 Å². The number of ether oxygens (including phenoxy) is 1. The standard InChI is InChI=1S/C11H11N3O6/c1-2-5-20-9(16)11(3-4-11)13-8(15)7(14(18)19)6-12-10(13)17/h2,6H,1,3-5H2,(H,12,17). The van der Waals surface area contributed by atoms with Crippen molar-refractivity contribution in [2.75, 3.05) is 6.61 Å². The lowest BCUT2D eigenvalue weighted by molar-refractivity contribution is -0.387. The van der Waals surface area contributed by atoms with Crippen molar-refractivity contribution in [2.45, 2.75) is 18.4 Å². The van der Waals surface area contributed by atoms with Gasteiger partial charge in [-0.15, -0.1) is 0 Å². The van der Waals surface area contributed by atoms with E-state index in [2.05, 4.69) is 11.6 Å². The number of H-pyrrole nitrogens is 1. The first-order valence-corrected chi connectivity index (χ1v) is 5.72. The van der Waals surface area contributed by atoms with Gasteiger partial charge in [-0.3, -0.25) is 14.9 Å². The van der Waals surface area contributed by atoms with E-state index in [0.29, 0.717) is 10.8 Å². The van der Waals surface area contributed by atoms with E-state index in [1.165, 1.54) is 6.08 Å². The second-order valence-electron chi connectivity index (χ2n) is 4.30. The zero-order valence-corrected chi connectivity index (χ0v) is 10.3. The van der Waals surface area contributed by atoms with Crippen LogP contribution in [-0.2, 0) is 15.1 Å². The van der Waals surface area contributed by atoms with Crippen LogP contribution in [0, 0.1) is 10.1 Å². The number of hydrogen-bond donors (Lipinski definition) is 1. The molecule has 0 spiro atoms. The minimum Gasteiger partial charge on any atom is -0.460 e. The van der Waals surface area contributed by atoms with E-state index in [-0.39, 0.29) is 19.4 Å². The van der Waals surface area contributed by atoms with Gasteiger partial charge in [-0.1, -0.05) is 12.7 Å². The molecule has 106 valence electrons. The van der Waals surface area contributed by atoms with Gasteiger partial charge in [-0.2, -0.15) is 0 Å². The summed E-state index contributed by atoms with van der Waals surface area (Å²) in [7, 11) is 0. The Morgan fingerprint density at radius 3 is 2.75 bits per heavy atom. The Morgan fingerprint density at radius 2 is 2.25 bits per heavy atom. The normalized spacial score (nSPS) is 15.4. The Bertz CT molecular complexity index is 697. The topological polar surface area (TPSA) is 124 Å². The van der Waals surface area contributed by atoms with E-state index in [1.807, 2.05) is 0 Å². The van der Waals surface area contributed by atoms with E-state index in [1.54, 1.807) is 0 Å². The van der Waals surface area contributed by atoms with Crippen LogP contribution < -0.4 is 11.2 Å². The van der Waals surface area contributed by atoms with Crippen molar-refractivity contribution in [1.82, 2.24) is 9.55 Å². The third-order valence-corrected chi connectivity index (χ3v) is 3.02. The number of aromatic nitrogens is 2. The zero-order chi connectivity index (χ0) is 14.9. The molecular formula is C11H11N3O6. The summed E-state index contributed by atoms with van der Waals surface area (Å²) >= 11 is 0. The van der Waals surface area contributed by atoms with Crippen LogP contribution in [0.2, 0.25) is 0 Å². The fraction of sp³-hybridized carbons (Fsp3) is 0.364. The molecule has 0 saturated heterocycles. The molecule has 0 aliphatic heterocycles. The van der Waals surface area contributed by atoms with Crippen LogP contribution in [0.3, 0.4) is 0 Å². The summed E-state index contributed by atoms with van der Waals surface area (Å²) in [5, 5.41) is 10.7. The molecule has 9 heteroatoms. The highest BCUT2D eigenvalue weighted by atomic mass is 16.6. The molecule has 2 rings (SSSR count). The molecule has 1 fully saturated rings. The van der Waals surface area contributed by atoms with Crippen molar-refractivity contribution < 1.29 is 14.5 Å². The molecule has 0 unspecified atom stereocenters. The minimum atomic E-state index is -1.44. The van der Waals surface area contributed by atoms with Gasteiger partial charge < -0.3 is 9.72 Å². The first-order chi connectivity index (χ1) is 9.44. The minimum absolute atomic E-state index is 0.0673. The summed E-state index contributed by atoms with van der Waals surface area (Å²) in [6, 6.07) is 0. The van der Waals surface area contributed by atoms with Gasteiger partial charge in [0.2, 0.25) is 0 Å². The number of nitrogens with zero attached hydrogens (tertiary/aromatic N) is 2. The summed E-state index contributed by atoms with van der Waals surface area (Å²) in [4.78, 5) is 47.5. The number of hydrogen-bond acceptors (Lipinski definition) is 6. The number of rotatable bonds is 5. The molecule has 1 heterocycles.